The molecule has 1 unspecified atom stereocenters. The van der Waals surface area contributed by atoms with E-state index in [1.165, 1.54) is 18.0 Å². The molecular weight excluding hydrogens is 627 g/mol. The number of aromatic nitrogens is 1. The predicted molar refractivity (Wildman–Crippen MR) is 164 cm³/mol. The Kier molecular flexibility index (Phi) is 10.8. The van der Waals surface area contributed by atoms with Crippen LogP contribution in [0.3, 0.4) is 0 Å². The molecule has 1 aliphatic heterocycles. The Hall–Kier alpha value is -4.42. The van der Waals surface area contributed by atoms with E-state index in [9.17, 15) is 29.1 Å². The lowest BCUT2D eigenvalue weighted by Crippen LogP contribution is -2.56. The molecule has 3 amide bonds. The van der Waals surface area contributed by atoms with Gasteiger partial charge >= 0.3 is 5.97 Å². The average Bonchev–Trinajstić information content (AvgIpc) is 3.63. The highest BCUT2D eigenvalue weighted by Crippen LogP contribution is 2.35. The number of rotatable bonds is 12. The lowest BCUT2D eigenvalue weighted by atomic mass is 10.0. The Balaban J connectivity index is 1.60. The zero-order valence-electron chi connectivity index (χ0n) is 24.7. The summed E-state index contributed by atoms with van der Waals surface area (Å²) in [6.07, 6.45) is -0.142. The standard InChI is InChI=1S/C31H32Cl2N4O8/c1-16(2)27(35-17(3)38)31(43)37-15-19(44-18-8-5-4-6-9-18)12-23(37)29(42)36-22(13-25(39)40)28(41)30-34-14-24(45-30)26-20(32)10-7-11-21(26)33/h4-11,14,16,19,22-23,27H,12-13,15H2,1-3H3,(H,35,38)(H,36,42)(H,39,40)/t19-,22+,23+,27?/m1/s1. The molecule has 1 aliphatic rings. The van der Waals surface area contributed by atoms with E-state index in [1.54, 1.807) is 56.3 Å². The van der Waals surface area contributed by atoms with Gasteiger partial charge < -0.3 is 29.8 Å². The molecular formula is C31H32Cl2N4O8. The van der Waals surface area contributed by atoms with E-state index in [1.807, 2.05) is 6.07 Å². The molecule has 1 saturated heterocycles. The average molecular weight is 660 g/mol. The van der Waals surface area contributed by atoms with Gasteiger partial charge in [0.05, 0.1) is 34.8 Å². The highest BCUT2D eigenvalue weighted by Gasteiger charge is 2.44. The predicted octanol–water partition coefficient (Wildman–Crippen LogP) is 4.00. The van der Waals surface area contributed by atoms with Gasteiger partial charge in [-0.2, -0.15) is 0 Å². The Morgan fingerprint density at radius 3 is 2.31 bits per heavy atom. The van der Waals surface area contributed by atoms with Gasteiger partial charge in [0.2, 0.25) is 23.5 Å². The number of halogens is 2. The topological polar surface area (TPSA) is 168 Å². The second kappa shape index (κ2) is 14.6. The number of carbonyl (C=O) groups excluding carboxylic acids is 4. The number of hydrogen-bond donors (Lipinski definition) is 3. The molecule has 1 fully saturated rings. The smallest absolute Gasteiger partial charge is 0.305 e. The summed E-state index contributed by atoms with van der Waals surface area (Å²) in [6.45, 7) is 4.80. The van der Waals surface area contributed by atoms with Crippen molar-refractivity contribution in [3.8, 4) is 17.1 Å². The minimum Gasteiger partial charge on any atom is -0.488 e. The monoisotopic (exact) mass is 658 g/mol. The maximum atomic E-state index is 13.7. The third-order valence-electron chi connectivity index (χ3n) is 7.12. The van der Waals surface area contributed by atoms with Crippen molar-refractivity contribution in [3.63, 3.8) is 0 Å². The van der Waals surface area contributed by atoms with Crippen molar-refractivity contribution < 1.29 is 38.2 Å². The van der Waals surface area contributed by atoms with Crippen LogP contribution in [0.4, 0.5) is 0 Å². The second-order valence-electron chi connectivity index (χ2n) is 10.9. The molecule has 0 spiro atoms. The SMILES string of the molecule is CC(=O)NC(C(=O)N1C[C@H](Oc2ccccc2)C[C@H]1C(=O)N[C@@H](CC(=O)O)C(=O)c1ncc(-c2c(Cl)cccc2Cl)o1)C(C)C. The number of hydrogen-bond acceptors (Lipinski definition) is 8. The van der Waals surface area contributed by atoms with E-state index >= 15 is 0 Å². The fraction of sp³-hybridized carbons (Fsp3) is 0.355. The van der Waals surface area contributed by atoms with Crippen molar-refractivity contribution in [1.29, 1.82) is 0 Å². The normalized spacial score (nSPS) is 17.4. The van der Waals surface area contributed by atoms with E-state index in [0.29, 0.717) is 5.75 Å². The fourth-order valence-corrected chi connectivity index (χ4v) is 5.60. The van der Waals surface area contributed by atoms with E-state index in [2.05, 4.69) is 15.6 Å². The number of carboxylic acid groups (broad SMARTS) is 1. The van der Waals surface area contributed by atoms with Crippen LogP contribution in [0, 0.1) is 5.92 Å². The van der Waals surface area contributed by atoms with Crippen molar-refractivity contribution in [2.45, 2.75) is 57.8 Å². The molecule has 2 aromatic carbocycles. The first kappa shape index (κ1) is 33.5. The first-order chi connectivity index (χ1) is 21.3. The van der Waals surface area contributed by atoms with Gasteiger partial charge in [0, 0.05) is 13.3 Å². The summed E-state index contributed by atoms with van der Waals surface area (Å²) in [5, 5.41) is 15.2. The molecule has 238 valence electrons. The van der Waals surface area contributed by atoms with Gasteiger partial charge in [0.15, 0.2) is 5.76 Å². The largest absolute Gasteiger partial charge is 0.488 e. The van der Waals surface area contributed by atoms with Crippen LogP contribution >= 0.6 is 23.2 Å². The Bertz CT molecular complexity index is 1560. The summed E-state index contributed by atoms with van der Waals surface area (Å²) >= 11 is 12.5. The van der Waals surface area contributed by atoms with Crippen LogP contribution < -0.4 is 15.4 Å². The van der Waals surface area contributed by atoms with Crippen molar-refractivity contribution in [3.05, 3.63) is 70.7 Å². The van der Waals surface area contributed by atoms with Crippen LogP contribution in [0.5, 0.6) is 5.75 Å². The summed E-state index contributed by atoms with van der Waals surface area (Å²) in [6, 6.07) is 9.92. The Morgan fingerprint density at radius 2 is 1.71 bits per heavy atom. The molecule has 14 heteroatoms. The molecule has 0 aliphatic carbocycles. The number of ketones is 1. The maximum Gasteiger partial charge on any atom is 0.305 e. The van der Waals surface area contributed by atoms with Crippen molar-refractivity contribution in [2.75, 3.05) is 6.54 Å². The number of oxazole rings is 1. The van der Waals surface area contributed by atoms with E-state index in [0.717, 1.165) is 0 Å². The molecule has 4 rings (SSSR count). The third kappa shape index (κ3) is 8.20. The highest BCUT2D eigenvalue weighted by molar-refractivity contribution is 6.39. The van der Waals surface area contributed by atoms with E-state index in [4.69, 9.17) is 32.4 Å². The minimum atomic E-state index is -1.59. The van der Waals surface area contributed by atoms with Gasteiger partial charge in [0.25, 0.3) is 5.89 Å². The number of amides is 3. The molecule has 0 saturated carbocycles. The van der Waals surface area contributed by atoms with Crippen molar-refractivity contribution >= 4 is 52.7 Å². The number of likely N-dealkylation sites (tertiary alicyclic amines) is 1. The van der Waals surface area contributed by atoms with Crippen LogP contribution in [0.2, 0.25) is 10.0 Å². The maximum absolute atomic E-state index is 13.7. The summed E-state index contributed by atoms with van der Waals surface area (Å²) < 4.78 is 11.6. The molecule has 2 heterocycles. The summed E-state index contributed by atoms with van der Waals surface area (Å²) in [5.74, 6) is -4.20. The quantitative estimate of drug-likeness (QED) is 0.244. The molecule has 3 aromatic rings. The third-order valence-corrected chi connectivity index (χ3v) is 7.75. The van der Waals surface area contributed by atoms with Crippen LogP contribution in [0.25, 0.3) is 11.3 Å². The fourth-order valence-electron chi connectivity index (χ4n) is 5.02. The highest BCUT2D eigenvalue weighted by atomic mass is 35.5. The Labute approximate surface area is 269 Å². The summed E-state index contributed by atoms with van der Waals surface area (Å²) in [4.78, 5) is 69.8. The van der Waals surface area contributed by atoms with Gasteiger partial charge in [-0.3, -0.25) is 24.0 Å². The first-order valence-corrected chi connectivity index (χ1v) is 14.9. The number of nitrogens with one attached hydrogen (secondary N) is 2. The van der Waals surface area contributed by atoms with E-state index in [-0.39, 0.29) is 40.3 Å². The lowest BCUT2D eigenvalue weighted by molar-refractivity contribution is -0.142. The lowest BCUT2D eigenvalue weighted by Gasteiger charge is -2.30. The van der Waals surface area contributed by atoms with Gasteiger partial charge in [-0.15, -0.1) is 0 Å². The zero-order valence-corrected chi connectivity index (χ0v) is 26.2. The van der Waals surface area contributed by atoms with Crippen molar-refractivity contribution in [2.24, 2.45) is 5.92 Å². The molecule has 45 heavy (non-hydrogen) atoms. The number of aliphatic carboxylic acids is 1. The van der Waals surface area contributed by atoms with E-state index < -0.39 is 66.0 Å². The minimum absolute atomic E-state index is 0.00779. The number of benzene rings is 2. The second-order valence-corrected chi connectivity index (χ2v) is 11.7. The molecule has 4 atom stereocenters. The van der Waals surface area contributed by atoms with Crippen LogP contribution in [-0.2, 0) is 19.2 Å². The molecule has 1 aromatic heterocycles. The molecule has 0 radical (unpaired) electrons. The molecule has 12 nitrogen and oxygen atoms in total. The number of nitrogens with zero attached hydrogens (tertiary/aromatic N) is 2. The summed E-state index contributed by atoms with van der Waals surface area (Å²) in [5.41, 5.74) is 0.287. The van der Waals surface area contributed by atoms with Gasteiger partial charge in [-0.25, -0.2) is 4.98 Å². The summed E-state index contributed by atoms with van der Waals surface area (Å²) in [7, 11) is 0. The first-order valence-electron chi connectivity index (χ1n) is 14.1. The molecule has 3 N–H and O–H groups in total. The van der Waals surface area contributed by atoms with Gasteiger partial charge in [-0.05, 0) is 30.2 Å². The molecule has 0 bridgehead atoms. The number of Topliss-reactive ketones (excluding diaryl/α,β-unsaturated/α-hetero) is 1. The van der Waals surface area contributed by atoms with Crippen LogP contribution in [0.15, 0.2) is 59.1 Å². The number of carboxylic acids is 1. The Morgan fingerprint density at radius 1 is 1.04 bits per heavy atom. The number of ether oxygens (including phenoxy) is 1. The van der Waals surface area contributed by atoms with Crippen molar-refractivity contribution in [1.82, 2.24) is 20.5 Å². The van der Waals surface area contributed by atoms with Gasteiger partial charge in [-0.1, -0.05) is 61.3 Å². The van der Waals surface area contributed by atoms with Crippen LogP contribution in [-0.4, -0.2) is 75.2 Å². The van der Waals surface area contributed by atoms with Gasteiger partial charge in [0.1, 0.15) is 30.0 Å². The van der Waals surface area contributed by atoms with Crippen LogP contribution in [0.1, 0.15) is 44.3 Å². The number of carbonyl (C=O) groups is 5. The number of para-hydroxylation sites is 1. The zero-order chi connectivity index (χ0) is 32.8.